The van der Waals surface area contributed by atoms with Crippen molar-refractivity contribution in [3.05, 3.63) is 66.2 Å². The zero-order valence-electron chi connectivity index (χ0n) is 18.0. The van der Waals surface area contributed by atoms with Gasteiger partial charge in [0.15, 0.2) is 6.10 Å². The molecule has 1 atom stereocenters. The van der Waals surface area contributed by atoms with Crippen molar-refractivity contribution in [1.29, 1.82) is 0 Å². The highest BCUT2D eigenvalue weighted by atomic mass is 32.2. The van der Waals surface area contributed by atoms with Gasteiger partial charge in [0.2, 0.25) is 10.0 Å². The summed E-state index contributed by atoms with van der Waals surface area (Å²) in [4.78, 5) is 13.0. The van der Waals surface area contributed by atoms with Crippen molar-refractivity contribution in [2.24, 2.45) is 0 Å². The maximum Gasteiger partial charge on any atom is 0.267 e. The van der Waals surface area contributed by atoms with Crippen LogP contribution in [0.15, 0.2) is 60.7 Å². The van der Waals surface area contributed by atoms with Gasteiger partial charge in [-0.25, -0.2) is 8.42 Å². The molecule has 3 aromatic rings. The summed E-state index contributed by atoms with van der Waals surface area (Å²) in [5.74, 6) is -0.0159. The lowest BCUT2D eigenvalue weighted by Crippen LogP contribution is -2.48. The molecule has 0 bridgehead atoms. The molecule has 0 radical (unpaired) electrons. The van der Waals surface area contributed by atoms with Gasteiger partial charge in [-0.3, -0.25) is 9.10 Å². The Labute approximate surface area is 182 Å². The Morgan fingerprint density at radius 1 is 1.03 bits per heavy atom. The van der Waals surface area contributed by atoms with Crippen molar-refractivity contribution in [3.8, 4) is 5.75 Å². The standard InChI is InChI=1S/C24H26N2O4S/c1-24(2,3)18-10-12-21-20(14-18)26(31(4,28)29)15-22(30-21)23(27)25-19-11-9-16-7-5-6-8-17(16)13-19/h5-14,22H,15H2,1-4H3,(H,25,27). The first-order valence-corrected chi connectivity index (χ1v) is 12.0. The number of rotatable bonds is 3. The maximum absolute atomic E-state index is 13.0. The minimum Gasteiger partial charge on any atom is -0.476 e. The van der Waals surface area contributed by atoms with Crippen LogP contribution < -0.4 is 14.4 Å². The van der Waals surface area contributed by atoms with Gasteiger partial charge in [-0.15, -0.1) is 0 Å². The minimum atomic E-state index is -3.60. The molecule has 1 N–H and O–H groups in total. The first-order valence-electron chi connectivity index (χ1n) is 10.1. The number of nitrogens with one attached hydrogen (secondary N) is 1. The fourth-order valence-electron chi connectivity index (χ4n) is 3.66. The summed E-state index contributed by atoms with van der Waals surface area (Å²) < 4.78 is 32.2. The second-order valence-electron chi connectivity index (χ2n) is 8.88. The Kier molecular flexibility index (Phi) is 5.17. The Hall–Kier alpha value is -3.06. The molecular weight excluding hydrogens is 412 g/mol. The highest BCUT2D eigenvalue weighted by molar-refractivity contribution is 7.92. The Morgan fingerprint density at radius 2 is 1.74 bits per heavy atom. The SMILES string of the molecule is CC(C)(C)c1ccc2c(c1)N(S(C)(=O)=O)CC(C(=O)Nc1ccc3ccccc3c1)O2. The fourth-order valence-corrected chi connectivity index (χ4v) is 4.56. The number of fused-ring (bicyclic) bond motifs is 2. The number of anilines is 2. The smallest absolute Gasteiger partial charge is 0.267 e. The lowest BCUT2D eigenvalue weighted by atomic mass is 9.86. The van der Waals surface area contributed by atoms with Crippen molar-refractivity contribution in [2.45, 2.75) is 32.3 Å². The summed E-state index contributed by atoms with van der Waals surface area (Å²) in [5.41, 5.74) is 1.93. The van der Waals surface area contributed by atoms with Crippen LogP contribution in [0.3, 0.4) is 0 Å². The lowest BCUT2D eigenvalue weighted by Gasteiger charge is -2.35. The number of sulfonamides is 1. The number of hydrogen-bond donors (Lipinski definition) is 1. The molecule has 3 aromatic carbocycles. The van der Waals surface area contributed by atoms with Crippen molar-refractivity contribution >= 4 is 38.1 Å². The number of carbonyl (C=O) groups is 1. The summed E-state index contributed by atoms with van der Waals surface area (Å²) in [5, 5.41) is 4.93. The van der Waals surface area contributed by atoms with Crippen LogP contribution in [0.5, 0.6) is 5.75 Å². The van der Waals surface area contributed by atoms with Crippen LogP contribution >= 0.6 is 0 Å². The van der Waals surface area contributed by atoms with E-state index in [2.05, 4.69) is 26.1 Å². The van der Waals surface area contributed by atoms with Crippen molar-refractivity contribution in [1.82, 2.24) is 0 Å². The average Bonchev–Trinajstić information content (AvgIpc) is 2.71. The number of benzene rings is 3. The van der Waals surface area contributed by atoms with Crippen molar-refractivity contribution in [2.75, 3.05) is 22.4 Å². The molecule has 1 amide bonds. The molecule has 0 aliphatic carbocycles. The van der Waals surface area contributed by atoms with Gasteiger partial charge in [-0.1, -0.05) is 57.2 Å². The highest BCUT2D eigenvalue weighted by Gasteiger charge is 2.36. The van der Waals surface area contributed by atoms with Gasteiger partial charge >= 0.3 is 0 Å². The van der Waals surface area contributed by atoms with Crippen LogP contribution in [0.1, 0.15) is 26.3 Å². The molecule has 0 saturated carbocycles. The summed E-state index contributed by atoms with van der Waals surface area (Å²) >= 11 is 0. The van der Waals surface area contributed by atoms with E-state index in [1.54, 1.807) is 6.07 Å². The van der Waals surface area contributed by atoms with E-state index >= 15 is 0 Å². The van der Waals surface area contributed by atoms with Crippen LogP contribution in [0, 0.1) is 0 Å². The summed E-state index contributed by atoms with van der Waals surface area (Å²) in [6.45, 7) is 6.09. The molecule has 1 heterocycles. The monoisotopic (exact) mass is 438 g/mol. The highest BCUT2D eigenvalue weighted by Crippen LogP contribution is 2.38. The Balaban J connectivity index is 1.63. The molecular formula is C24H26N2O4S. The third-order valence-corrected chi connectivity index (χ3v) is 6.55. The lowest BCUT2D eigenvalue weighted by molar-refractivity contribution is -0.122. The van der Waals surface area contributed by atoms with Gasteiger partial charge in [-0.2, -0.15) is 0 Å². The summed E-state index contributed by atoms with van der Waals surface area (Å²) in [6.07, 6.45) is 0.179. The fraction of sp³-hybridized carbons (Fsp3) is 0.292. The number of amides is 1. The van der Waals surface area contributed by atoms with Crippen LogP contribution in [-0.4, -0.2) is 33.2 Å². The molecule has 1 aliphatic heterocycles. The van der Waals surface area contributed by atoms with Crippen molar-refractivity contribution in [3.63, 3.8) is 0 Å². The molecule has 0 aromatic heterocycles. The Bertz CT molecular complexity index is 1260. The second-order valence-corrected chi connectivity index (χ2v) is 10.8. The van der Waals surface area contributed by atoms with Gasteiger partial charge in [0.25, 0.3) is 5.91 Å². The predicted octanol–water partition coefficient (Wildman–Crippen LogP) is 4.30. The van der Waals surface area contributed by atoms with Crippen molar-refractivity contribution < 1.29 is 17.9 Å². The molecule has 162 valence electrons. The predicted molar refractivity (Wildman–Crippen MR) is 124 cm³/mol. The molecule has 0 fully saturated rings. The number of nitrogens with zero attached hydrogens (tertiary/aromatic N) is 1. The van der Waals surface area contributed by atoms with E-state index < -0.39 is 22.0 Å². The van der Waals surface area contributed by atoms with E-state index in [-0.39, 0.29) is 12.0 Å². The normalized spacial score (nSPS) is 16.5. The molecule has 0 spiro atoms. The largest absolute Gasteiger partial charge is 0.476 e. The molecule has 1 aliphatic rings. The van der Waals surface area contributed by atoms with Crippen LogP contribution in [0.4, 0.5) is 11.4 Å². The number of hydrogen-bond acceptors (Lipinski definition) is 4. The summed E-state index contributed by atoms with van der Waals surface area (Å²) in [6, 6.07) is 19.0. The van der Waals surface area contributed by atoms with Crippen LogP contribution in [0.25, 0.3) is 10.8 Å². The van der Waals surface area contributed by atoms with Gasteiger partial charge in [0, 0.05) is 5.69 Å². The molecule has 6 nitrogen and oxygen atoms in total. The van der Waals surface area contributed by atoms with E-state index in [1.165, 1.54) is 4.31 Å². The molecule has 0 saturated heterocycles. The maximum atomic E-state index is 13.0. The van der Waals surface area contributed by atoms with Crippen LogP contribution in [0.2, 0.25) is 0 Å². The molecule has 31 heavy (non-hydrogen) atoms. The third kappa shape index (κ3) is 4.37. The minimum absolute atomic E-state index is 0.0845. The number of carbonyl (C=O) groups excluding carboxylic acids is 1. The number of ether oxygens (including phenoxy) is 1. The first kappa shape index (κ1) is 21.2. The van der Waals surface area contributed by atoms with Crippen LogP contribution in [-0.2, 0) is 20.2 Å². The van der Waals surface area contributed by atoms with Gasteiger partial charge in [-0.05, 0) is 46.0 Å². The Morgan fingerprint density at radius 3 is 2.42 bits per heavy atom. The van der Waals surface area contributed by atoms with Gasteiger partial charge < -0.3 is 10.1 Å². The van der Waals surface area contributed by atoms with E-state index in [9.17, 15) is 13.2 Å². The zero-order chi connectivity index (χ0) is 22.4. The topological polar surface area (TPSA) is 75.7 Å². The van der Waals surface area contributed by atoms with Gasteiger partial charge in [0.1, 0.15) is 5.75 Å². The first-order chi connectivity index (χ1) is 14.5. The molecule has 7 heteroatoms. The van der Waals surface area contributed by atoms with E-state index in [4.69, 9.17) is 4.74 Å². The van der Waals surface area contributed by atoms with Gasteiger partial charge in [0.05, 0.1) is 18.5 Å². The molecule has 4 rings (SSSR count). The molecule has 1 unspecified atom stereocenters. The van der Waals surface area contributed by atoms with E-state index in [0.717, 1.165) is 22.6 Å². The third-order valence-electron chi connectivity index (χ3n) is 5.40. The quantitative estimate of drug-likeness (QED) is 0.661. The van der Waals surface area contributed by atoms with E-state index in [1.807, 2.05) is 54.6 Å². The van der Waals surface area contributed by atoms with E-state index in [0.29, 0.717) is 17.1 Å². The zero-order valence-corrected chi connectivity index (χ0v) is 18.9. The second kappa shape index (κ2) is 7.57. The summed E-state index contributed by atoms with van der Waals surface area (Å²) in [7, 11) is -3.60. The average molecular weight is 439 g/mol.